The van der Waals surface area contributed by atoms with Crippen molar-refractivity contribution < 1.29 is 4.79 Å². The molecule has 0 spiro atoms. The summed E-state index contributed by atoms with van der Waals surface area (Å²) in [6, 6.07) is 10.6. The first-order valence-corrected chi connectivity index (χ1v) is 12.3. The Hall–Kier alpha value is -4.32. The Bertz CT molecular complexity index is 1510. The van der Waals surface area contributed by atoms with Crippen molar-refractivity contribution in [2.75, 3.05) is 35.3 Å². The Morgan fingerprint density at radius 2 is 1.95 bits per heavy atom. The van der Waals surface area contributed by atoms with Gasteiger partial charge in [-0.05, 0) is 61.5 Å². The zero-order valence-electron chi connectivity index (χ0n) is 21.2. The summed E-state index contributed by atoms with van der Waals surface area (Å²) in [5, 5.41) is 27.0. The van der Waals surface area contributed by atoms with Crippen LogP contribution in [0.2, 0.25) is 0 Å². The molecule has 2 aliphatic rings. The lowest BCUT2D eigenvalue weighted by molar-refractivity contribution is -0.113. The number of aromatic nitrogens is 7. The number of piperazine rings is 1. The number of H-pyrrole nitrogens is 1. The van der Waals surface area contributed by atoms with Gasteiger partial charge in [0.05, 0.1) is 17.6 Å². The average Bonchev–Trinajstić information content (AvgIpc) is 3.53. The molecule has 0 aliphatic carbocycles. The third-order valence-electron chi connectivity index (χ3n) is 7.06. The molecule has 0 saturated carbocycles. The van der Waals surface area contributed by atoms with Crippen LogP contribution in [0.4, 0.5) is 17.5 Å². The van der Waals surface area contributed by atoms with Gasteiger partial charge in [-0.3, -0.25) is 9.89 Å². The molecule has 1 saturated heterocycles. The summed E-state index contributed by atoms with van der Waals surface area (Å²) < 4.78 is 1.61. The molecular formula is C25H29N11O. The Balaban J connectivity index is 1.28. The van der Waals surface area contributed by atoms with Gasteiger partial charge in [-0.1, -0.05) is 5.10 Å². The highest BCUT2D eigenvalue weighted by atomic mass is 16.1. The van der Waals surface area contributed by atoms with Gasteiger partial charge in [0.25, 0.3) is 5.91 Å². The summed E-state index contributed by atoms with van der Waals surface area (Å²) in [6.45, 7) is 8.38. The number of anilines is 3. The molecule has 1 amide bonds. The van der Waals surface area contributed by atoms with Crippen molar-refractivity contribution in [1.29, 1.82) is 0 Å². The van der Waals surface area contributed by atoms with Gasteiger partial charge < -0.3 is 20.4 Å². The predicted octanol–water partition coefficient (Wildman–Crippen LogP) is 2.16. The number of fused-ring (bicyclic) bond motifs is 2. The summed E-state index contributed by atoms with van der Waals surface area (Å²) >= 11 is 0. The van der Waals surface area contributed by atoms with Crippen molar-refractivity contribution in [3.8, 4) is 11.3 Å². The van der Waals surface area contributed by atoms with Crippen LogP contribution in [0, 0.1) is 0 Å². The van der Waals surface area contributed by atoms with Crippen LogP contribution in [-0.4, -0.2) is 73.5 Å². The second-order valence-corrected chi connectivity index (χ2v) is 9.82. The first kappa shape index (κ1) is 23.1. The molecule has 0 radical (unpaired) electrons. The third-order valence-corrected chi connectivity index (χ3v) is 7.06. The van der Waals surface area contributed by atoms with E-state index in [-0.39, 0.29) is 5.91 Å². The minimum Gasteiger partial charge on any atom is -0.354 e. The SMILES string of the molecule is CC1=C(C(=O)Nc2ccc3[nH]nc(-c4ccnc(N5C[C@@H](C)N[C@@H](C)C5)c4)c3c2)Cn2nnnc2N1C. The molecule has 37 heavy (non-hydrogen) atoms. The molecule has 12 nitrogen and oxygen atoms in total. The molecule has 3 N–H and O–H groups in total. The number of hydrogen-bond donors (Lipinski definition) is 3. The van der Waals surface area contributed by atoms with Crippen LogP contribution in [-0.2, 0) is 11.3 Å². The molecule has 2 aliphatic heterocycles. The van der Waals surface area contributed by atoms with E-state index >= 15 is 0 Å². The molecule has 3 aromatic heterocycles. The van der Waals surface area contributed by atoms with Crippen molar-refractivity contribution in [3.63, 3.8) is 0 Å². The molecule has 2 atom stereocenters. The van der Waals surface area contributed by atoms with Crippen LogP contribution in [0.1, 0.15) is 20.8 Å². The topological polar surface area (TPSA) is 133 Å². The number of aromatic amines is 1. The number of tetrazole rings is 1. The van der Waals surface area contributed by atoms with Gasteiger partial charge in [0.1, 0.15) is 11.5 Å². The zero-order chi connectivity index (χ0) is 25.7. The summed E-state index contributed by atoms with van der Waals surface area (Å²) in [4.78, 5) is 22.0. The summed E-state index contributed by atoms with van der Waals surface area (Å²) in [7, 11) is 1.85. The molecule has 190 valence electrons. The van der Waals surface area contributed by atoms with E-state index < -0.39 is 0 Å². The smallest absolute Gasteiger partial charge is 0.255 e. The maximum atomic E-state index is 13.2. The van der Waals surface area contributed by atoms with Crippen LogP contribution in [0.5, 0.6) is 0 Å². The van der Waals surface area contributed by atoms with Crippen LogP contribution < -0.4 is 20.4 Å². The second kappa shape index (κ2) is 8.96. The largest absolute Gasteiger partial charge is 0.354 e. The maximum absolute atomic E-state index is 13.2. The fraction of sp³-hybridized carbons (Fsp3) is 0.360. The van der Waals surface area contributed by atoms with Crippen molar-refractivity contribution in [2.45, 2.75) is 39.4 Å². The van der Waals surface area contributed by atoms with E-state index in [1.807, 2.05) is 49.3 Å². The van der Waals surface area contributed by atoms with Gasteiger partial charge in [0.15, 0.2) is 0 Å². The third kappa shape index (κ3) is 4.18. The molecule has 1 aromatic carbocycles. The number of nitrogens with zero attached hydrogens (tertiary/aromatic N) is 8. The minimum atomic E-state index is -0.192. The number of amides is 1. The molecule has 12 heteroatoms. The van der Waals surface area contributed by atoms with Crippen LogP contribution >= 0.6 is 0 Å². The molecule has 1 fully saturated rings. The zero-order valence-corrected chi connectivity index (χ0v) is 21.2. The van der Waals surface area contributed by atoms with E-state index in [1.165, 1.54) is 0 Å². The lowest BCUT2D eigenvalue weighted by Gasteiger charge is -2.37. The highest BCUT2D eigenvalue weighted by Crippen LogP contribution is 2.31. The van der Waals surface area contributed by atoms with E-state index in [9.17, 15) is 4.79 Å². The Morgan fingerprint density at radius 1 is 1.14 bits per heavy atom. The Kier molecular flexibility index (Phi) is 5.60. The first-order chi connectivity index (χ1) is 17.9. The molecule has 6 rings (SSSR count). The van der Waals surface area contributed by atoms with Crippen molar-refractivity contribution in [1.82, 2.24) is 40.7 Å². The number of rotatable bonds is 4. The standard InChI is InChI=1S/C25H29N11O/c1-14-11-35(12-15(2)27-14)22-9-17(7-8-26-22)23-19-10-18(5-6-21(19)29-30-23)28-24(37)20-13-36-25(31-32-33-36)34(4)16(20)3/h5-10,14-15,27H,11-13H2,1-4H3,(H,28,37)(H,29,30)/t14-,15+. The minimum absolute atomic E-state index is 0.192. The number of carbonyl (C=O) groups is 1. The predicted molar refractivity (Wildman–Crippen MR) is 141 cm³/mol. The van der Waals surface area contributed by atoms with Gasteiger partial charge >= 0.3 is 0 Å². The van der Waals surface area contributed by atoms with Crippen molar-refractivity contribution in [2.24, 2.45) is 0 Å². The van der Waals surface area contributed by atoms with Gasteiger partial charge in [0.2, 0.25) is 5.95 Å². The summed E-state index contributed by atoms with van der Waals surface area (Å²) in [6.07, 6.45) is 1.83. The van der Waals surface area contributed by atoms with Gasteiger partial charge in [0, 0.05) is 60.8 Å². The normalized spacial score (nSPS) is 19.9. The number of carbonyl (C=O) groups excluding carboxylic acids is 1. The molecule has 0 unspecified atom stereocenters. The van der Waals surface area contributed by atoms with E-state index in [0.717, 1.165) is 46.8 Å². The summed E-state index contributed by atoms with van der Waals surface area (Å²) in [5.41, 5.74) is 4.78. The van der Waals surface area contributed by atoms with E-state index in [2.05, 4.69) is 66.2 Å². The Morgan fingerprint density at radius 3 is 2.76 bits per heavy atom. The molecule has 5 heterocycles. The van der Waals surface area contributed by atoms with Gasteiger partial charge in [-0.15, -0.1) is 0 Å². The fourth-order valence-corrected chi connectivity index (χ4v) is 5.17. The average molecular weight is 500 g/mol. The highest BCUT2D eigenvalue weighted by Gasteiger charge is 2.27. The second-order valence-electron chi connectivity index (χ2n) is 9.82. The molecule has 0 bridgehead atoms. The Labute approximate surface area is 213 Å². The number of allylic oxidation sites excluding steroid dienone is 1. The highest BCUT2D eigenvalue weighted by molar-refractivity contribution is 6.06. The fourth-order valence-electron chi connectivity index (χ4n) is 5.17. The van der Waals surface area contributed by atoms with Crippen molar-refractivity contribution in [3.05, 3.63) is 47.8 Å². The van der Waals surface area contributed by atoms with E-state index in [0.29, 0.717) is 35.8 Å². The number of hydrogen-bond acceptors (Lipinski definition) is 9. The van der Waals surface area contributed by atoms with Crippen LogP contribution in [0.15, 0.2) is 47.8 Å². The number of nitrogens with one attached hydrogen (secondary N) is 3. The van der Waals surface area contributed by atoms with Gasteiger partial charge in [-0.25, -0.2) is 9.67 Å². The summed E-state index contributed by atoms with van der Waals surface area (Å²) in [5.74, 6) is 1.35. The number of benzene rings is 1. The van der Waals surface area contributed by atoms with Gasteiger partial charge in [-0.2, -0.15) is 5.10 Å². The van der Waals surface area contributed by atoms with Crippen molar-refractivity contribution >= 4 is 34.3 Å². The quantitative estimate of drug-likeness (QED) is 0.386. The van der Waals surface area contributed by atoms with Crippen LogP contribution in [0.3, 0.4) is 0 Å². The van der Waals surface area contributed by atoms with E-state index in [4.69, 9.17) is 0 Å². The van der Waals surface area contributed by atoms with Crippen LogP contribution in [0.25, 0.3) is 22.2 Å². The first-order valence-electron chi connectivity index (χ1n) is 12.3. The maximum Gasteiger partial charge on any atom is 0.255 e. The lowest BCUT2D eigenvalue weighted by Crippen LogP contribution is -2.54. The monoisotopic (exact) mass is 499 g/mol. The molecule has 4 aromatic rings. The lowest BCUT2D eigenvalue weighted by atomic mass is 10.1. The van der Waals surface area contributed by atoms with E-state index in [1.54, 1.807) is 4.68 Å². The number of pyridine rings is 1. The molecular weight excluding hydrogens is 470 g/mol.